The fraction of sp³-hybridized carbons (Fsp3) is 0.250. The minimum Gasteiger partial charge on any atom is -0.368 e. The molecular formula is C20H19ClN2O. The molecule has 4 rings (SSSR count). The molecule has 0 bridgehead atoms. The van der Waals surface area contributed by atoms with Crippen LogP contribution in [0.1, 0.15) is 18.4 Å². The third-order valence-corrected chi connectivity index (χ3v) is 5.09. The first-order chi connectivity index (χ1) is 11.6. The van der Waals surface area contributed by atoms with Crippen molar-refractivity contribution >= 4 is 29.8 Å². The second-order valence-electron chi connectivity index (χ2n) is 6.49. The number of rotatable bonds is 3. The van der Waals surface area contributed by atoms with E-state index in [1.807, 2.05) is 25.3 Å². The molecule has 0 radical (unpaired) electrons. The summed E-state index contributed by atoms with van der Waals surface area (Å²) in [5.74, 6) is 0.363. The molecule has 1 atom stereocenters. The maximum absolute atomic E-state index is 11.9. The molecule has 0 saturated heterocycles. The second kappa shape index (κ2) is 5.99. The SMILES string of the molecule is Cc1c(Cl)cccc1-c1ccc2c(c1)=CNC(NC(=O)C1CC1)C=2. The summed E-state index contributed by atoms with van der Waals surface area (Å²) in [7, 11) is 0. The topological polar surface area (TPSA) is 41.1 Å². The van der Waals surface area contributed by atoms with Gasteiger partial charge < -0.3 is 10.6 Å². The average molecular weight is 339 g/mol. The lowest BCUT2D eigenvalue weighted by atomic mass is 9.99. The maximum Gasteiger partial charge on any atom is 0.224 e. The summed E-state index contributed by atoms with van der Waals surface area (Å²) in [5, 5.41) is 9.30. The molecule has 1 fully saturated rings. The van der Waals surface area contributed by atoms with Crippen molar-refractivity contribution in [3.8, 4) is 11.1 Å². The molecule has 1 unspecified atom stereocenters. The van der Waals surface area contributed by atoms with Crippen molar-refractivity contribution in [2.75, 3.05) is 0 Å². The lowest BCUT2D eigenvalue weighted by Crippen LogP contribution is -2.48. The number of halogens is 1. The molecule has 1 amide bonds. The Bertz CT molecular complexity index is 931. The van der Waals surface area contributed by atoms with Gasteiger partial charge in [0.2, 0.25) is 5.91 Å². The minimum absolute atomic E-state index is 0.135. The van der Waals surface area contributed by atoms with Crippen LogP contribution in [0.25, 0.3) is 23.4 Å². The van der Waals surface area contributed by atoms with Gasteiger partial charge in [-0.2, -0.15) is 0 Å². The van der Waals surface area contributed by atoms with Crippen LogP contribution in [0.3, 0.4) is 0 Å². The van der Waals surface area contributed by atoms with Crippen LogP contribution in [-0.4, -0.2) is 12.1 Å². The Kier molecular flexibility index (Phi) is 3.81. The maximum atomic E-state index is 11.9. The molecule has 122 valence electrons. The van der Waals surface area contributed by atoms with Gasteiger partial charge in [0.15, 0.2) is 0 Å². The lowest BCUT2D eigenvalue weighted by molar-refractivity contribution is -0.122. The molecule has 2 aliphatic rings. The Morgan fingerprint density at radius 1 is 1.21 bits per heavy atom. The van der Waals surface area contributed by atoms with Crippen molar-refractivity contribution in [3.63, 3.8) is 0 Å². The fourth-order valence-corrected chi connectivity index (χ4v) is 3.22. The molecule has 4 heteroatoms. The monoisotopic (exact) mass is 338 g/mol. The molecule has 1 aliphatic carbocycles. The van der Waals surface area contributed by atoms with E-state index in [0.717, 1.165) is 45.0 Å². The minimum atomic E-state index is -0.135. The van der Waals surface area contributed by atoms with Crippen molar-refractivity contribution < 1.29 is 4.79 Å². The van der Waals surface area contributed by atoms with Gasteiger partial charge in [-0.15, -0.1) is 0 Å². The Hall–Kier alpha value is -2.26. The fourth-order valence-electron chi connectivity index (χ4n) is 3.05. The van der Waals surface area contributed by atoms with E-state index in [4.69, 9.17) is 11.6 Å². The van der Waals surface area contributed by atoms with Crippen LogP contribution < -0.4 is 21.1 Å². The van der Waals surface area contributed by atoms with E-state index < -0.39 is 0 Å². The van der Waals surface area contributed by atoms with Gasteiger partial charge >= 0.3 is 0 Å². The standard InChI is InChI=1S/C20H19ClN2O/c1-12-17(3-2-4-18(12)21)15-8-7-14-10-19(22-11-16(14)9-15)23-20(24)13-5-6-13/h2-4,7-11,13,19,22H,5-6H2,1H3,(H,23,24). The average Bonchev–Trinajstić information content (AvgIpc) is 3.42. The smallest absolute Gasteiger partial charge is 0.224 e. The zero-order valence-corrected chi connectivity index (χ0v) is 14.2. The number of nitrogens with one attached hydrogen (secondary N) is 2. The first-order valence-electron chi connectivity index (χ1n) is 8.26. The highest BCUT2D eigenvalue weighted by molar-refractivity contribution is 6.31. The third-order valence-electron chi connectivity index (χ3n) is 4.68. The van der Waals surface area contributed by atoms with Crippen LogP contribution in [0.15, 0.2) is 36.4 Å². The molecule has 1 aliphatic heterocycles. The zero-order valence-electron chi connectivity index (χ0n) is 13.5. The third kappa shape index (κ3) is 2.92. The number of amides is 1. The van der Waals surface area contributed by atoms with Crippen LogP contribution >= 0.6 is 11.6 Å². The highest BCUT2D eigenvalue weighted by Gasteiger charge is 2.30. The van der Waals surface area contributed by atoms with Gasteiger partial charge in [-0.25, -0.2) is 0 Å². The molecule has 1 heterocycles. The van der Waals surface area contributed by atoms with Crippen molar-refractivity contribution in [1.29, 1.82) is 0 Å². The number of hydrogen-bond acceptors (Lipinski definition) is 2. The van der Waals surface area contributed by atoms with Crippen molar-refractivity contribution in [3.05, 3.63) is 57.4 Å². The second-order valence-corrected chi connectivity index (χ2v) is 6.90. The number of benzene rings is 2. The summed E-state index contributed by atoms with van der Waals surface area (Å²) in [5.41, 5.74) is 3.37. The Morgan fingerprint density at radius 3 is 2.83 bits per heavy atom. The van der Waals surface area contributed by atoms with Gasteiger partial charge in [0.05, 0.1) is 0 Å². The molecule has 24 heavy (non-hydrogen) atoms. The first kappa shape index (κ1) is 15.3. The highest BCUT2D eigenvalue weighted by Crippen LogP contribution is 2.29. The van der Waals surface area contributed by atoms with E-state index >= 15 is 0 Å². The van der Waals surface area contributed by atoms with Gasteiger partial charge in [0, 0.05) is 17.1 Å². The van der Waals surface area contributed by atoms with Crippen LogP contribution in [0.2, 0.25) is 5.02 Å². The summed E-state index contributed by atoms with van der Waals surface area (Å²) < 4.78 is 0. The van der Waals surface area contributed by atoms with E-state index in [2.05, 4.69) is 41.0 Å². The normalized spacial score (nSPS) is 18.7. The number of hydrogen-bond donors (Lipinski definition) is 2. The van der Waals surface area contributed by atoms with E-state index in [1.165, 1.54) is 0 Å². The van der Waals surface area contributed by atoms with E-state index in [9.17, 15) is 4.79 Å². The van der Waals surface area contributed by atoms with E-state index in [1.54, 1.807) is 0 Å². The molecular weight excluding hydrogens is 320 g/mol. The molecule has 2 aromatic rings. The summed E-state index contributed by atoms with van der Waals surface area (Å²) in [6.45, 7) is 2.04. The van der Waals surface area contributed by atoms with Gasteiger partial charge in [0.25, 0.3) is 0 Å². The van der Waals surface area contributed by atoms with Crippen LogP contribution in [-0.2, 0) is 4.79 Å². The van der Waals surface area contributed by atoms with Gasteiger partial charge in [-0.3, -0.25) is 4.79 Å². The number of fused-ring (bicyclic) bond motifs is 1. The molecule has 3 nitrogen and oxygen atoms in total. The summed E-state index contributed by atoms with van der Waals surface area (Å²) >= 11 is 6.24. The van der Waals surface area contributed by atoms with Crippen LogP contribution in [0, 0.1) is 12.8 Å². The Morgan fingerprint density at radius 2 is 2.04 bits per heavy atom. The van der Waals surface area contributed by atoms with Crippen molar-refractivity contribution in [2.24, 2.45) is 5.92 Å². The molecule has 1 saturated carbocycles. The zero-order chi connectivity index (χ0) is 16.7. The Balaban J connectivity index is 1.65. The molecule has 0 aromatic heterocycles. The number of carbonyl (C=O) groups is 1. The molecule has 2 aromatic carbocycles. The molecule has 2 N–H and O–H groups in total. The predicted octanol–water partition coefficient (Wildman–Crippen LogP) is 2.29. The molecule has 0 spiro atoms. The first-order valence-corrected chi connectivity index (χ1v) is 8.64. The largest absolute Gasteiger partial charge is 0.368 e. The summed E-state index contributed by atoms with van der Waals surface area (Å²) in [6.07, 6.45) is 5.92. The van der Waals surface area contributed by atoms with E-state index in [-0.39, 0.29) is 18.0 Å². The quantitative estimate of drug-likeness (QED) is 0.901. The Labute approximate surface area is 146 Å². The van der Waals surface area contributed by atoms with E-state index in [0.29, 0.717) is 0 Å². The van der Waals surface area contributed by atoms with Gasteiger partial charge in [-0.05, 0) is 65.1 Å². The van der Waals surface area contributed by atoms with Crippen LogP contribution in [0.4, 0.5) is 0 Å². The highest BCUT2D eigenvalue weighted by atomic mass is 35.5. The lowest BCUT2D eigenvalue weighted by Gasteiger charge is -2.18. The number of carbonyl (C=O) groups excluding carboxylic acids is 1. The summed E-state index contributed by atoms with van der Waals surface area (Å²) in [6, 6.07) is 12.3. The van der Waals surface area contributed by atoms with Crippen LogP contribution in [0.5, 0.6) is 0 Å². The predicted molar refractivity (Wildman–Crippen MR) is 97.6 cm³/mol. The van der Waals surface area contributed by atoms with Crippen molar-refractivity contribution in [2.45, 2.75) is 25.9 Å². The van der Waals surface area contributed by atoms with Crippen molar-refractivity contribution in [1.82, 2.24) is 10.6 Å². The summed E-state index contributed by atoms with van der Waals surface area (Å²) in [4.78, 5) is 11.9. The van der Waals surface area contributed by atoms with Gasteiger partial charge in [-0.1, -0.05) is 35.9 Å². The van der Waals surface area contributed by atoms with Gasteiger partial charge in [0.1, 0.15) is 6.17 Å².